The first-order valence-corrected chi connectivity index (χ1v) is 6.57. The lowest BCUT2D eigenvalue weighted by Crippen LogP contribution is -2.35. The molecule has 1 heterocycles. The fourth-order valence-corrected chi connectivity index (χ4v) is 2.22. The lowest BCUT2D eigenvalue weighted by Gasteiger charge is -1.98. The molecular formula is C14H9Cl2N2O2+. The maximum Gasteiger partial charge on any atom is 0.435 e. The molecular weight excluding hydrogens is 299 g/mol. The number of hydrogen-bond acceptors (Lipinski definition) is 2. The molecule has 4 nitrogen and oxygen atoms in total. The zero-order valence-electron chi connectivity index (χ0n) is 10.1. The van der Waals surface area contributed by atoms with Gasteiger partial charge < -0.3 is 0 Å². The van der Waals surface area contributed by atoms with Gasteiger partial charge in [-0.25, -0.2) is 4.79 Å². The van der Waals surface area contributed by atoms with Crippen molar-refractivity contribution in [3.8, 4) is 16.9 Å². The van der Waals surface area contributed by atoms with Gasteiger partial charge in [-0.1, -0.05) is 41.4 Å². The average Bonchev–Trinajstić information content (AvgIpc) is 2.85. The smallest absolute Gasteiger partial charge is 0.282 e. The summed E-state index contributed by atoms with van der Waals surface area (Å²) in [5, 5.41) is 3.39. The molecule has 100 valence electrons. The largest absolute Gasteiger partial charge is 0.435 e. The Balaban J connectivity index is 2.22. The standard InChI is InChI=1S/C14H8Cl2N2O2/c15-11-7-6-9(8-12(11)16)13-14(19)20-17-18(13)10-4-2-1-3-5-10/h1-8H/p+1. The highest BCUT2D eigenvalue weighted by molar-refractivity contribution is 6.42. The third-order valence-electron chi connectivity index (χ3n) is 2.85. The topological polar surface area (TPSA) is 49.9 Å². The van der Waals surface area contributed by atoms with Crippen molar-refractivity contribution in [1.82, 2.24) is 5.27 Å². The molecule has 0 aliphatic rings. The third kappa shape index (κ3) is 2.24. The molecule has 2 aromatic carbocycles. The van der Waals surface area contributed by atoms with Crippen LogP contribution in [0.4, 0.5) is 0 Å². The van der Waals surface area contributed by atoms with Gasteiger partial charge in [-0.3, -0.25) is 4.52 Å². The average molecular weight is 308 g/mol. The number of rotatable bonds is 2. The zero-order chi connectivity index (χ0) is 14.1. The van der Waals surface area contributed by atoms with Crippen LogP contribution in [-0.2, 0) is 0 Å². The second-order valence-corrected chi connectivity index (χ2v) is 4.94. The van der Waals surface area contributed by atoms with E-state index in [4.69, 9.17) is 27.7 Å². The van der Waals surface area contributed by atoms with E-state index in [1.807, 2.05) is 30.3 Å². The molecule has 0 aliphatic heterocycles. The first-order valence-electron chi connectivity index (χ1n) is 5.81. The first-order chi connectivity index (χ1) is 9.66. The van der Waals surface area contributed by atoms with Crippen molar-refractivity contribution >= 4 is 23.2 Å². The fourth-order valence-electron chi connectivity index (χ4n) is 1.92. The summed E-state index contributed by atoms with van der Waals surface area (Å²) in [6.45, 7) is 0. The molecule has 3 aromatic rings. The van der Waals surface area contributed by atoms with Crippen LogP contribution < -0.4 is 10.3 Å². The van der Waals surface area contributed by atoms with Crippen molar-refractivity contribution in [1.29, 1.82) is 0 Å². The van der Waals surface area contributed by atoms with Crippen LogP contribution in [0, 0.1) is 0 Å². The summed E-state index contributed by atoms with van der Waals surface area (Å²) >= 11 is 11.9. The van der Waals surface area contributed by atoms with Gasteiger partial charge >= 0.3 is 11.3 Å². The van der Waals surface area contributed by atoms with Gasteiger partial charge in [0.05, 0.1) is 15.6 Å². The Kier molecular flexibility index (Phi) is 3.34. The van der Waals surface area contributed by atoms with E-state index in [9.17, 15) is 4.79 Å². The minimum atomic E-state index is -0.479. The fraction of sp³-hybridized carbons (Fsp3) is 0. The van der Waals surface area contributed by atoms with Crippen LogP contribution in [0.2, 0.25) is 10.0 Å². The third-order valence-corrected chi connectivity index (χ3v) is 3.59. The number of aromatic nitrogens is 2. The van der Waals surface area contributed by atoms with Crippen LogP contribution >= 0.6 is 23.2 Å². The summed E-state index contributed by atoms with van der Waals surface area (Å²) in [6, 6.07) is 14.3. The van der Waals surface area contributed by atoms with Crippen LogP contribution in [0.5, 0.6) is 0 Å². The lowest BCUT2D eigenvalue weighted by atomic mass is 10.1. The van der Waals surface area contributed by atoms with Crippen molar-refractivity contribution in [3.05, 3.63) is 69.0 Å². The molecule has 6 heteroatoms. The van der Waals surface area contributed by atoms with E-state index in [0.29, 0.717) is 21.3 Å². The molecule has 0 unspecified atom stereocenters. The molecule has 0 aliphatic carbocycles. The molecule has 0 atom stereocenters. The SMILES string of the molecule is O=c1o[nH][n+](-c2ccccc2)c1-c1ccc(Cl)c(Cl)c1. The van der Waals surface area contributed by atoms with Crippen molar-refractivity contribution in [3.63, 3.8) is 0 Å². The number of hydrogen-bond donors (Lipinski definition) is 1. The first kappa shape index (κ1) is 13.0. The number of benzene rings is 2. The molecule has 0 fully saturated rings. The van der Waals surface area contributed by atoms with E-state index < -0.39 is 5.63 Å². The monoisotopic (exact) mass is 307 g/mol. The van der Waals surface area contributed by atoms with Crippen molar-refractivity contribution in [2.24, 2.45) is 0 Å². The summed E-state index contributed by atoms with van der Waals surface area (Å²) < 4.78 is 6.44. The Morgan fingerprint density at radius 2 is 1.75 bits per heavy atom. The maximum absolute atomic E-state index is 11.9. The van der Waals surface area contributed by atoms with Crippen molar-refractivity contribution in [2.45, 2.75) is 0 Å². The lowest BCUT2D eigenvalue weighted by molar-refractivity contribution is -0.660. The van der Waals surface area contributed by atoms with Gasteiger partial charge in [0, 0.05) is 12.1 Å². The molecule has 1 N–H and O–H groups in total. The van der Waals surface area contributed by atoms with Gasteiger partial charge in [-0.15, -0.1) is 0 Å². The number of halogens is 2. The van der Waals surface area contributed by atoms with Crippen molar-refractivity contribution < 1.29 is 9.20 Å². The molecule has 0 bridgehead atoms. The minimum absolute atomic E-state index is 0.356. The van der Waals surface area contributed by atoms with Crippen LogP contribution in [-0.4, -0.2) is 5.27 Å². The number of nitrogens with zero attached hydrogens (tertiary/aromatic N) is 1. The highest BCUT2D eigenvalue weighted by atomic mass is 35.5. The van der Waals surface area contributed by atoms with E-state index in [-0.39, 0.29) is 0 Å². The summed E-state index contributed by atoms with van der Waals surface area (Å²) in [6.07, 6.45) is 0. The van der Waals surface area contributed by atoms with E-state index in [0.717, 1.165) is 5.69 Å². The van der Waals surface area contributed by atoms with Gasteiger partial charge in [0.2, 0.25) is 5.69 Å². The summed E-state index contributed by atoms with van der Waals surface area (Å²) in [5.74, 6) is 0. The number of H-pyrrole nitrogens is 1. The second-order valence-electron chi connectivity index (χ2n) is 4.13. The Labute approximate surface area is 124 Å². The van der Waals surface area contributed by atoms with Crippen LogP contribution in [0.3, 0.4) is 0 Å². The highest BCUT2D eigenvalue weighted by Gasteiger charge is 2.25. The molecule has 3 rings (SSSR count). The van der Waals surface area contributed by atoms with Gasteiger partial charge in [-0.2, -0.15) is 0 Å². The molecule has 0 saturated heterocycles. The van der Waals surface area contributed by atoms with Crippen LogP contribution in [0.25, 0.3) is 16.9 Å². The summed E-state index contributed by atoms with van der Waals surface area (Å²) in [4.78, 5) is 11.9. The Bertz CT molecular complexity index is 810. The Morgan fingerprint density at radius 1 is 1.00 bits per heavy atom. The quantitative estimate of drug-likeness (QED) is 0.739. The molecule has 20 heavy (non-hydrogen) atoms. The molecule has 0 saturated carbocycles. The number of aromatic amines is 1. The highest BCUT2D eigenvalue weighted by Crippen LogP contribution is 2.26. The zero-order valence-corrected chi connectivity index (χ0v) is 11.7. The van der Waals surface area contributed by atoms with E-state index >= 15 is 0 Å². The predicted octanol–water partition coefficient (Wildman–Crippen LogP) is 3.22. The Hall–Kier alpha value is -2.04. The van der Waals surface area contributed by atoms with Gasteiger partial charge in [0.15, 0.2) is 0 Å². The van der Waals surface area contributed by atoms with Crippen LogP contribution in [0.15, 0.2) is 57.8 Å². The van der Waals surface area contributed by atoms with E-state index in [1.54, 1.807) is 22.9 Å². The van der Waals surface area contributed by atoms with Crippen LogP contribution in [0.1, 0.15) is 0 Å². The van der Waals surface area contributed by atoms with E-state index in [2.05, 4.69) is 5.27 Å². The van der Waals surface area contributed by atoms with Gasteiger partial charge in [0.25, 0.3) is 0 Å². The predicted molar refractivity (Wildman–Crippen MR) is 76.3 cm³/mol. The summed E-state index contributed by atoms with van der Waals surface area (Å²) in [7, 11) is 0. The normalized spacial score (nSPS) is 10.7. The Morgan fingerprint density at radius 3 is 2.45 bits per heavy atom. The molecule has 0 amide bonds. The maximum atomic E-state index is 11.9. The molecule has 0 spiro atoms. The van der Waals surface area contributed by atoms with Gasteiger partial charge in [0.1, 0.15) is 0 Å². The van der Waals surface area contributed by atoms with Crippen molar-refractivity contribution in [2.75, 3.05) is 0 Å². The minimum Gasteiger partial charge on any atom is -0.282 e. The van der Waals surface area contributed by atoms with Gasteiger partial charge in [-0.05, 0) is 28.2 Å². The molecule has 0 radical (unpaired) electrons. The van der Waals surface area contributed by atoms with E-state index in [1.165, 1.54) is 0 Å². The second kappa shape index (κ2) is 5.15. The number of nitrogens with one attached hydrogen (secondary N) is 1. The molecule has 1 aromatic heterocycles. The summed E-state index contributed by atoms with van der Waals surface area (Å²) in [5.41, 5.74) is 1.28. The number of para-hydroxylation sites is 1.